The molecule has 102 valence electrons. The van der Waals surface area contributed by atoms with Gasteiger partial charge in [0.1, 0.15) is 0 Å². The average Bonchev–Trinajstić information content (AvgIpc) is 2.37. The van der Waals surface area contributed by atoms with Gasteiger partial charge in [-0.1, -0.05) is 0 Å². The van der Waals surface area contributed by atoms with Crippen molar-refractivity contribution in [2.45, 2.75) is 18.7 Å². The third-order valence-corrected chi connectivity index (χ3v) is 3.85. The monoisotopic (exact) mass is 288 g/mol. The van der Waals surface area contributed by atoms with Crippen molar-refractivity contribution in [2.24, 2.45) is 0 Å². The molecule has 0 atom stereocenters. The first-order valence-corrected chi connectivity index (χ1v) is 7.24. The molecule has 0 aliphatic heterocycles. The molecule has 7 heteroatoms. The van der Waals surface area contributed by atoms with Crippen molar-refractivity contribution in [1.82, 2.24) is 9.97 Å². The fraction of sp³-hybridized carbons (Fsp3) is 0.154. The predicted molar refractivity (Wildman–Crippen MR) is 73.5 cm³/mol. The fourth-order valence-corrected chi connectivity index (χ4v) is 2.60. The zero-order chi connectivity index (χ0) is 14.8. The molecule has 6 nitrogen and oxygen atoms in total. The summed E-state index contributed by atoms with van der Waals surface area (Å²) in [6, 6.07) is 9.29. The van der Waals surface area contributed by atoms with Crippen LogP contribution in [-0.2, 0) is 10.0 Å². The molecule has 0 saturated heterocycles. The summed E-state index contributed by atoms with van der Waals surface area (Å²) in [5.74, 6) is 0.0341. The molecule has 0 aliphatic carbocycles. The van der Waals surface area contributed by atoms with Crippen LogP contribution in [0.3, 0.4) is 0 Å². The van der Waals surface area contributed by atoms with E-state index in [-0.39, 0.29) is 10.8 Å². The van der Waals surface area contributed by atoms with Gasteiger partial charge in [-0.15, -0.1) is 0 Å². The second-order valence-corrected chi connectivity index (χ2v) is 5.90. The third kappa shape index (κ3) is 3.10. The summed E-state index contributed by atoms with van der Waals surface area (Å²) in [7, 11) is -3.76. The number of hydrogen-bond donors (Lipinski definition) is 1. The minimum atomic E-state index is -3.76. The highest BCUT2D eigenvalue weighted by Gasteiger charge is 2.15. The zero-order valence-electron chi connectivity index (χ0n) is 11.0. The second kappa shape index (κ2) is 5.27. The minimum Gasteiger partial charge on any atom is -0.247 e. The minimum absolute atomic E-state index is 0.0341. The van der Waals surface area contributed by atoms with E-state index in [1.54, 1.807) is 19.9 Å². The molecule has 0 spiro atoms. The number of sulfonamides is 1. The van der Waals surface area contributed by atoms with Gasteiger partial charge >= 0.3 is 0 Å². The Balaban J connectivity index is 2.33. The fourth-order valence-electron chi connectivity index (χ4n) is 1.66. The number of rotatable bonds is 3. The Kier molecular flexibility index (Phi) is 3.68. The van der Waals surface area contributed by atoms with Crippen LogP contribution in [0.25, 0.3) is 0 Å². The van der Waals surface area contributed by atoms with Crippen molar-refractivity contribution in [3.63, 3.8) is 0 Å². The summed E-state index contributed by atoms with van der Waals surface area (Å²) in [5, 5.41) is 8.69. The molecule has 2 aromatic rings. The predicted octanol–water partition coefficient (Wildman–Crippen LogP) is 1.77. The van der Waals surface area contributed by atoms with Gasteiger partial charge in [-0.25, -0.2) is 23.1 Å². The van der Waals surface area contributed by atoms with Gasteiger partial charge < -0.3 is 0 Å². The van der Waals surface area contributed by atoms with Crippen molar-refractivity contribution in [1.29, 1.82) is 5.26 Å². The van der Waals surface area contributed by atoms with E-state index in [0.717, 1.165) is 0 Å². The van der Waals surface area contributed by atoms with Gasteiger partial charge in [0.15, 0.2) is 0 Å². The molecular weight excluding hydrogens is 276 g/mol. The van der Waals surface area contributed by atoms with Crippen molar-refractivity contribution in [2.75, 3.05) is 4.72 Å². The number of nitrogens with zero attached hydrogens (tertiary/aromatic N) is 3. The normalized spacial score (nSPS) is 10.8. The van der Waals surface area contributed by atoms with E-state index in [2.05, 4.69) is 14.7 Å². The molecular formula is C13H12N4O2S. The second-order valence-electron chi connectivity index (χ2n) is 4.22. The van der Waals surface area contributed by atoms with Crippen LogP contribution >= 0.6 is 0 Å². The van der Waals surface area contributed by atoms with E-state index in [4.69, 9.17) is 5.26 Å². The number of aryl methyl sites for hydroxylation is 2. The van der Waals surface area contributed by atoms with E-state index in [9.17, 15) is 8.42 Å². The maximum absolute atomic E-state index is 12.1. The molecule has 1 N–H and O–H groups in total. The van der Waals surface area contributed by atoms with Crippen molar-refractivity contribution in [3.8, 4) is 6.07 Å². The van der Waals surface area contributed by atoms with E-state index in [1.165, 1.54) is 24.3 Å². The SMILES string of the molecule is Cc1cc(C)nc(NS(=O)(=O)c2ccc(C#N)cc2)n1. The Labute approximate surface area is 117 Å². The van der Waals surface area contributed by atoms with Gasteiger partial charge in [0.25, 0.3) is 10.0 Å². The highest BCUT2D eigenvalue weighted by atomic mass is 32.2. The maximum atomic E-state index is 12.1. The van der Waals surface area contributed by atoms with Crippen LogP contribution < -0.4 is 4.72 Å². The summed E-state index contributed by atoms with van der Waals surface area (Å²) in [5.41, 5.74) is 1.75. The van der Waals surface area contributed by atoms with Gasteiger partial charge in [-0.2, -0.15) is 5.26 Å². The van der Waals surface area contributed by atoms with Crippen LogP contribution in [0.4, 0.5) is 5.95 Å². The molecule has 0 aliphatic rings. The van der Waals surface area contributed by atoms with Crippen LogP contribution in [0, 0.1) is 25.2 Å². The third-order valence-electron chi connectivity index (χ3n) is 2.50. The Morgan fingerprint density at radius 2 is 1.65 bits per heavy atom. The van der Waals surface area contributed by atoms with Gasteiger partial charge in [-0.3, -0.25) is 0 Å². The number of anilines is 1. The number of hydrogen-bond acceptors (Lipinski definition) is 5. The van der Waals surface area contributed by atoms with Crippen molar-refractivity contribution >= 4 is 16.0 Å². The largest absolute Gasteiger partial charge is 0.264 e. The van der Waals surface area contributed by atoms with Crippen LogP contribution in [0.5, 0.6) is 0 Å². The first-order chi connectivity index (χ1) is 9.40. The first-order valence-electron chi connectivity index (χ1n) is 5.76. The Morgan fingerprint density at radius 1 is 1.10 bits per heavy atom. The molecule has 1 aromatic carbocycles. The summed E-state index contributed by atoms with van der Waals surface area (Å²) < 4.78 is 26.6. The van der Waals surface area contributed by atoms with Gasteiger partial charge in [-0.05, 0) is 44.2 Å². The smallest absolute Gasteiger partial charge is 0.247 e. The van der Waals surface area contributed by atoms with Crippen molar-refractivity contribution < 1.29 is 8.42 Å². The lowest BCUT2D eigenvalue weighted by molar-refractivity contribution is 0.600. The van der Waals surface area contributed by atoms with Gasteiger partial charge in [0, 0.05) is 11.4 Å². The van der Waals surface area contributed by atoms with Crippen LogP contribution in [-0.4, -0.2) is 18.4 Å². The summed E-state index contributed by atoms with van der Waals surface area (Å²) in [6.45, 7) is 3.52. The Bertz CT molecular complexity index is 757. The number of nitrogens with one attached hydrogen (secondary N) is 1. The van der Waals surface area contributed by atoms with Gasteiger partial charge in [0.05, 0.1) is 16.5 Å². The molecule has 0 bridgehead atoms. The summed E-state index contributed by atoms with van der Waals surface area (Å²) >= 11 is 0. The molecule has 0 fully saturated rings. The van der Waals surface area contributed by atoms with Crippen LogP contribution in [0.2, 0.25) is 0 Å². The molecule has 20 heavy (non-hydrogen) atoms. The maximum Gasteiger partial charge on any atom is 0.264 e. The number of benzene rings is 1. The highest BCUT2D eigenvalue weighted by Crippen LogP contribution is 2.14. The molecule has 0 unspecified atom stereocenters. The highest BCUT2D eigenvalue weighted by molar-refractivity contribution is 7.92. The lowest BCUT2D eigenvalue weighted by Crippen LogP contribution is -2.15. The van der Waals surface area contributed by atoms with E-state index in [1.807, 2.05) is 6.07 Å². The average molecular weight is 288 g/mol. The summed E-state index contributed by atoms with van der Waals surface area (Å²) in [4.78, 5) is 8.10. The lowest BCUT2D eigenvalue weighted by Gasteiger charge is -2.07. The van der Waals surface area contributed by atoms with Crippen LogP contribution in [0.1, 0.15) is 17.0 Å². The van der Waals surface area contributed by atoms with E-state index < -0.39 is 10.0 Å². The molecule has 1 aromatic heterocycles. The van der Waals surface area contributed by atoms with Crippen molar-refractivity contribution in [3.05, 3.63) is 47.3 Å². The first kappa shape index (κ1) is 14.0. The molecule has 1 heterocycles. The lowest BCUT2D eigenvalue weighted by atomic mass is 10.2. The van der Waals surface area contributed by atoms with E-state index in [0.29, 0.717) is 17.0 Å². The molecule has 0 amide bonds. The topological polar surface area (TPSA) is 95.7 Å². The summed E-state index contributed by atoms with van der Waals surface area (Å²) in [6.07, 6.45) is 0. The standard InChI is InChI=1S/C13H12N4O2S/c1-9-7-10(2)16-13(15-9)17-20(18,19)12-5-3-11(8-14)4-6-12/h3-7H,1-2H3,(H,15,16,17). The van der Waals surface area contributed by atoms with E-state index >= 15 is 0 Å². The molecule has 2 rings (SSSR count). The Hall–Kier alpha value is -2.46. The number of nitriles is 1. The van der Waals surface area contributed by atoms with Gasteiger partial charge in [0.2, 0.25) is 5.95 Å². The van der Waals surface area contributed by atoms with Crippen LogP contribution in [0.15, 0.2) is 35.2 Å². The number of aromatic nitrogens is 2. The Morgan fingerprint density at radius 3 is 2.15 bits per heavy atom. The molecule has 0 radical (unpaired) electrons. The quantitative estimate of drug-likeness (QED) is 0.928. The molecule has 0 saturated carbocycles. The zero-order valence-corrected chi connectivity index (χ0v) is 11.8.